The summed E-state index contributed by atoms with van der Waals surface area (Å²) < 4.78 is 0. The molecule has 2 heterocycles. The van der Waals surface area contributed by atoms with Gasteiger partial charge in [-0.3, -0.25) is 14.5 Å². The molecule has 2 aliphatic rings. The van der Waals surface area contributed by atoms with Gasteiger partial charge in [-0.25, -0.2) is 0 Å². The van der Waals surface area contributed by atoms with E-state index >= 15 is 0 Å². The van der Waals surface area contributed by atoms with Gasteiger partial charge in [0.05, 0.1) is 5.92 Å². The van der Waals surface area contributed by atoms with Crippen molar-refractivity contribution in [2.45, 2.75) is 38.6 Å². The number of piperazine rings is 1. The topological polar surface area (TPSA) is 43.9 Å². The molecule has 5 heteroatoms. The number of hydrogen-bond acceptors (Lipinski definition) is 3. The third kappa shape index (κ3) is 6.19. The van der Waals surface area contributed by atoms with E-state index in [1.54, 1.807) is 0 Å². The van der Waals surface area contributed by atoms with Gasteiger partial charge in [-0.05, 0) is 43.4 Å². The van der Waals surface area contributed by atoms with Gasteiger partial charge in [0.15, 0.2) is 0 Å². The standard InChI is InChI=1S/C27H35N3O2/c31-26(15-7-13-23-9-3-1-4-10-23)29-17-19-30(20-18-29)27(32)25-14-8-16-28(22-25)21-24-11-5-2-6-12-24/h1-6,9-12,25H,7-8,13-22H2. The largest absolute Gasteiger partial charge is 0.339 e. The minimum absolute atomic E-state index is 0.0839. The first-order valence-corrected chi connectivity index (χ1v) is 12.1. The van der Waals surface area contributed by atoms with Crippen LogP contribution < -0.4 is 0 Å². The first-order valence-electron chi connectivity index (χ1n) is 12.1. The van der Waals surface area contributed by atoms with Crippen molar-refractivity contribution in [3.8, 4) is 0 Å². The van der Waals surface area contributed by atoms with Crippen molar-refractivity contribution in [3.05, 3.63) is 71.8 Å². The molecule has 4 rings (SSSR count). The maximum atomic E-state index is 13.2. The number of carbonyl (C=O) groups excluding carboxylic acids is 2. The second-order valence-corrected chi connectivity index (χ2v) is 9.11. The van der Waals surface area contributed by atoms with Crippen LogP contribution in [-0.2, 0) is 22.6 Å². The van der Waals surface area contributed by atoms with E-state index in [-0.39, 0.29) is 17.7 Å². The zero-order valence-corrected chi connectivity index (χ0v) is 19.0. The molecule has 0 spiro atoms. The Hall–Kier alpha value is -2.66. The van der Waals surface area contributed by atoms with Gasteiger partial charge in [-0.2, -0.15) is 0 Å². The third-order valence-corrected chi connectivity index (χ3v) is 6.75. The highest BCUT2D eigenvalue weighted by Gasteiger charge is 2.31. The van der Waals surface area contributed by atoms with Crippen LogP contribution in [0.5, 0.6) is 0 Å². The molecule has 0 aromatic heterocycles. The molecular weight excluding hydrogens is 398 g/mol. The highest BCUT2D eigenvalue weighted by atomic mass is 16.2. The Morgan fingerprint density at radius 2 is 1.41 bits per heavy atom. The van der Waals surface area contributed by atoms with Gasteiger partial charge in [0.1, 0.15) is 0 Å². The van der Waals surface area contributed by atoms with Crippen LogP contribution in [0, 0.1) is 5.92 Å². The second kappa shape index (κ2) is 11.3. The summed E-state index contributed by atoms with van der Waals surface area (Å²) in [6.45, 7) is 5.47. The first-order chi connectivity index (χ1) is 15.7. The summed E-state index contributed by atoms with van der Waals surface area (Å²) in [5.74, 6) is 0.583. The Kier molecular flexibility index (Phi) is 7.94. The van der Waals surface area contributed by atoms with E-state index in [1.165, 1.54) is 11.1 Å². The molecule has 0 bridgehead atoms. The fourth-order valence-electron chi connectivity index (χ4n) is 4.92. The molecular formula is C27H35N3O2. The van der Waals surface area contributed by atoms with Crippen LogP contribution in [0.2, 0.25) is 0 Å². The van der Waals surface area contributed by atoms with Crippen LogP contribution >= 0.6 is 0 Å². The van der Waals surface area contributed by atoms with Gasteiger partial charge >= 0.3 is 0 Å². The number of piperidine rings is 1. The van der Waals surface area contributed by atoms with E-state index in [1.807, 2.05) is 34.1 Å². The fraction of sp³-hybridized carbons (Fsp3) is 0.481. The molecule has 1 unspecified atom stereocenters. The van der Waals surface area contributed by atoms with Crippen LogP contribution in [0.1, 0.15) is 36.8 Å². The minimum atomic E-state index is 0.0839. The molecule has 0 radical (unpaired) electrons. The maximum Gasteiger partial charge on any atom is 0.227 e. The number of benzene rings is 2. The predicted molar refractivity (Wildman–Crippen MR) is 127 cm³/mol. The summed E-state index contributed by atoms with van der Waals surface area (Å²) >= 11 is 0. The van der Waals surface area contributed by atoms with Gasteiger partial charge in [0, 0.05) is 45.7 Å². The second-order valence-electron chi connectivity index (χ2n) is 9.11. The minimum Gasteiger partial charge on any atom is -0.339 e. The molecule has 2 aromatic rings. The van der Waals surface area contributed by atoms with E-state index in [2.05, 4.69) is 41.3 Å². The molecule has 2 aliphatic heterocycles. The monoisotopic (exact) mass is 433 g/mol. The van der Waals surface area contributed by atoms with Gasteiger partial charge in [0.25, 0.3) is 0 Å². The summed E-state index contributed by atoms with van der Waals surface area (Å²) in [5, 5.41) is 0. The number of hydrogen-bond donors (Lipinski definition) is 0. The lowest BCUT2D eigenvalue weighted by atomic mass is 9.95. The fourth-order valence-corrected chi connectivity index (χ4v) is 4.92. The van der Waals surface area contributed by atoms with E-state index < -0.39 is 0 Å². The molecule has 0 N–H and O–H groups in total. The van der Waals surface area contributed by atoms with E-state index in [9.17, 15) is 9.59 Å². The van der Waals surface area contributed by atoms with E-state index in [0.29, 0.717) is 32.6 Å². The van der Waals surface area contributed by atoms with E-state index in [0.717, 1.165) is 45.3 Å². The average molecular weight is 434 g/mol. The van der Waals surface area contributed by atoms with Gasteiger partial charge in [0.2, 0.25) is 11.8 Å². The van der Waals surface area contributed by atoms with Crippen LogP contribution in [0.15, 0.2) is 60.7 Å². The van der Waals surface area contributed by atoms with Crippen molar-refractivity contribution < 1.29 is 9.59 Å². The SMILES string of the molecule is O=C(CCCc1ccccc1)N1CCN(C(=O)C2CCCN(Cc3ccccc3)C2)CC1. The smallest absolute Gasteiger partial charge is 0.227 e. The maximum absolute atomic E-state index is 13.2. The Balaban J connectivity index is 1.19. The zero-order chi connectivity index (χ0) is 22.2. The first kappa shape index (κ1) is 22.5. The number of amides is 2. The number of carbonyl (C=O) groups is 2. The summed E-state index contributed by atoms with van der Waals surface area (Å²) in [5.41, 5.74) is 2.59. The van der Waals surface area contributed by atoms with Crippen molar-refractivity contribution in [2.24, 2.45) is 5.92 Å². The van der Waals surface area contributed by atoms with Crippen LogP contribution in [0.4, 0.5) is 0 Å². The predicted octanol–water partition coefficient (Wildman–Crippen LogP) is 3.59. The van der Waals surface area contributed by atoms with Gasteiger partial charge in [-0.15, -0.1) is 0 Å². The summed E-state index contributed by atoms with van der Waals surface area (Å²) in [7, 11) is 0. The summed E-state index contributed by atoms with van der Waals surface area (Å²) in [4.78, 5) is 32.1. The lowest BCUT2D eigenvalue weighted by Crippen LogP contribution is -2.53. The van der Waals surface area contributed by atoms with Crippen molar-refractivity contribution in [3.63, 3.8) is 0 Å². The normalized spacial score (nSPS) is 19.7. The molecule has 5 nitrogen and oxygen atoms in total. The Morgan fingerprint density at radius 3 is 2.09 bits per heavy atom. The lowest BCUT2D eigenvalue weighted by molar-refractivity contribution is -0.143. The van der Waals surface area contributed by atoms with Gasteiger partial charge < -0.3 is 9.80 Å². The number of aryl methyl sites for hydroxylation is 1. The lowest BCUT2D eigenvalue weighted by Gasteiger charge is -2.39. The van der Waals surface area contributed by atoms with E-state index in [4.69, 9.17) is 0 Å². The molecule has 1 atom stereocenters. The number of rotatable bonds is 7. The third-order valence-electron chi connectivity index (χ3n) is 6.75. The quantitative estimate of drug-likeness (QED) is 0.670. The summed E-state index contributed by atoms with van der Waals surface area (Å²) in [6, 6.07) is 20.8. The van der Waals surface area contributed by atoms with Crippen molar-refractivity contribution in [1.82, 2.24) is 14.7 Å². The highest BCUT2D eigenvalue weighted by Crippen LogP contribution is 2.21. The Morgan fingerprint density at radius 1 is 0.781 bits per heavy atom. The molecule has 2 aromatic carbocycles. The molecule has 2 saturated heterocycles. The summed E-state index contributed by atoms with van der Waals surface area (Å²) in [6.07, 6.45) is 4.44. The van der Waals surface area contributed by atoms with Crippen molar-refractivity contribution in [1.29, 1.82) is 0 Å². The van der Waals surface area contributed by atoms with Crippen LogP contribution in [-0.4, -0.2) is 65.8 Å². The van der Waals surface area contributed by atoms with Crippen LogP contribution in [0.3, 0.4) is 0 Å². The molecule has 0 aliphatic carbocycles. The molecule has 0 saturated carbocycles. The van der Waals surface area contributed by atoms with Crippen molar-refractivity contribution >= 4 is 11.8 Å². The van der Waals surface area contributed by atoms with Crippen LogP contribution in [0.25, 0.3) is 0 Å². The number of nitrogens with zero attached hydrogens (tertiary/aromatic N) is 3. The van der Waals surface area contributed by atoms with Crippen molar-refractivity contribution in [2.75, 3.05) is 39.3 Å². The zero-order valence-electron chi connectivity index (χ0n) is 19.0. The molecule has 2 fully saturated rings. The molecule has 32 heavy (non-hydrogen) atoms. The Labute approximate surface area is 192 Å². The molecule has 2 amide bonds. The molecule has 170 valence electrons. The average Bonchev–Trinajstić information content (AvgIpc) is 2.85. The highest BCUT2D eigenvalue weighted by molar-refractivity contribution is 5.80. The van der Waals surface area contributed by atoms with Gasteiger partial charge in [-0.1, -0.05) is 60.7 Å². The Bertz CT molecular complexity index is 863. The number of likely N-dealkylation sites (tertiary alicyclic amines) is 1.